The van der Waals surface area contributed by atoms with Gasteiger partial charge in [-0.05, 0) is 35.7 Å². The number of rotatable bonds is 4. The molecule has 0 saturated carbocycles. The first-order valence-electron chi connectivity index (χ1n) is 8.29. The van der Waals surface area contributed by atoms with E-state index in [-0.39, 0.29) is 0 Å². The Morgan fingerprint density at radius 2 is 1.76 bits per heavy atom. The number of nitrogens with one attached hydrogen (secondary N) is 1. The van der Waals surface area contributed by atoms with E-state index in [9.17, 15) is 4.79 Å². The average molecular weight is 330 g/mol. The van der Waals surface area contributed by atoms with Crippen molar-refractivity contribution in [3.63, 3.8) is 0 Å². The van der Waals surface area contributed by atoms with E-state index in [1.807, 2.05) is 24.3 Å². The predicted molar refractivity (Wildman–Crippen MR) is 98.7 cm³/mol. The maximum Gasteiger partial charge on any atom is 0.185 e. The minimum Gasteiger partial charge on any atom is -0.453 e. The van der Waals surface area contributed by atoms with Crippen molar-refractivity contribution in [2.75, 3.05) is 0 Å². The number of H-pyrrole nitrogens is 1. The number of fused-ring (bicyclic) bond motifs is 1. The number of hydrogen-bond acceptors (Lipinski definition) is 3. The van der Waals surface area contributed by atoms with Gasteiger partial charge in [0.1, 0.15) is 11.6 Å². The van der Waals surface area contributed by atoms with Gasteiger partial charge in [-0.3, -0.25) is 4.79 Å². The van der Waals surface area contributed by atoms with Crippen LogP contribution in [0.15, 0.2) is 59.0 Å². The van der Waals surface area contributed by atoms with Crippen molar-refractivity contribution in [3.05, 3.63) is 65.9 Å². The van der Waals surface area contributed by atoms with Crippen molar-refractivity contribution >= 4 is 17.3 Å². The van der Waals surface area contributed by atoms with Gasteiger partial charge in [-0.15, -0.1) is 0 Å². The molecular formula is C21H18N2O2. The molecule has 0 atom stereocenters. The van der Waals surface area contributed by atoms with E-state index in [4.69, 9.17) is 4.42 Å². The standard InChI is InChI=1S/C21H18N2O2/c1-13(2)16-7-9-18-19(11-16)23-21(22-18)15-5-3-14(4-6-15)20-10-8-17(12-24)25-20/h3-13H,1-2H3,(H,22,23). The highest BCUT2D eigenvalue weighted by Gasteiger charge is 2.09. The fourth-order valence-electron chi connectivity index (χ4n) is 2.89. The molecule has 124 valence electrons. The summed E-state index contributed by atoms with van der Waals surface area (Å²) in [5, 5.41) is 0. The Balaban J connectivity index is 1.67. The molecule has 0 aliphatic heterocycles. The Morgan fingerprint density at radius 1 is 1.00 bits per heavy atom. The lowest BCUT2D eigenvalue weighted by atomic mass is 10.0. The molecule has 0 aliphatic carbocycles. The summed E-state index contributed by atoms with van der Waals surface area (Å²) in [5.41, 5.74) is 5.24. The summed E-state index contributed by atoms with van der Waals surface area (Å²) in [6.07, 6.45) is 0.706. The minimum atomic E-state index is 0.331. The largest absolute Gasteiger partial charge is 0.453 e. The van der Waals surface area contributed by atoms with Gasteiger partial charge in [0.25, 0.3) is 0 Å². The summed E-state index contributed by atoms with van der Waals surface area (Å²) >= 11 is 0. The van der Waals surface area contributed by atoms with Gasteiger partial charge in [0.05, 0.1) is 11.0 Å². The molecule has 4 nitrogen and oxygen atoms in total. The number of furan rings is 1. The monoisotopic (exact) mass is 330 g/mol. The van der Waals surface area contributed by atoms with Crippen LogP contribution in [0, 0.1) is 0 Å². The van der Waals surface area contributed by atoms with Gasteiger partial charge in [-0.2, -0.15) is 0 Å². The van der Waals surface area contributed by atoms with Crippen molar-refractivity contribution in [3.8, 4) is 22.7 Å². The molecule has 0 bridgehead atoms. The molecule has 0 saturated heterocycles. The lowest BCUT2D eigenvalue weighted by Crippen LogP contribution is -1.85. The maximum atomic E-state index is 10.7. The normalized spacial score (nSPS) is 11.3. The number of carbonyl (C=O) groups is 1. The van der Waals surface area contributed by atoms with E-state index in [0.29, 0.717) is 23.7 Å². The number of hydrogen-bond donors (Lipinski definition) is 1. The second kappa shape index (κ2) is 6.06. The zero-order chi connectivity index (χ0) is 17.4. The number of benzene rings is 2. The van der Waals surface area contributed by atoms with Crippen molar-refractivity contribution in [1.82, 2.24) is 9.97 Å². The molecule has 0 spiro atoms. The maximum absolute atomic E-state index is 10.7. The van der Waals surface area contributed by atoms with Crippen LogP contribution in [0.4, 0.5) is 0 Å². The van der Waals surface area contributed by atoms with Crippen molar-refractivity contribution in [1.29, 1.82) is 0 Å². The fourth-order valence-corrected chi connectivity index (χ4v) is 2.89. The van der Waals surface area contributed by atoms with Crippen LogP contribution in [0.25, 0.3) is 33.7 Å². The Hall–Kier alpha value is -3.14. The Bertz CT molecular complexity index is 1040. The molecule has 1 N–H and O–H groups in total. The van der Waals surface area contributed by atoms with Gasteiger partial charge in [0.15, 0.2) is 12.0 Å². The van der Waals surface area contributed by atoms with Crippen LogP contribution >= 0.6 is 0 Å². The molecule has 2 aromatic heterocycles. The molecule has 25 heavy (non-hydrogen) atoms. The lowest BCUT2D eigenvalue weighted by molar-refractivity contribution is 0.110. The first-order valence-corrected chi connectivity index (χ1v) is 8.29. The van der Waals surface area contributed by atoms with Crippen LogP contribution in [-0.2, 0) is 0 Å². The number of aldehydes is 1. The molecule has 0 unspecified atom stereocenters. The smallest absolute Gasteiger partial charge is 0.185 e. The number of aromatic amines is 1. The lowest BCUT2D eigenvalue weighted by Gasteiger charge is -2.03. The van der Waals surface area contributed by atoms with E-state index in [0.717, 1.165) is 28.0 Å². The third-order valence-corrected chi connectivity index (χ3v) is 4.36. The second-order valence-electron chi connectivity index (χ2n) is 6.41. The number of carbonyl (C=O) groups excluding carboxylic acids is 1. The van der Waals surface area contributed by atoms with Crippen molar-refractivity contribution in [2.24, 2.45) is 0 Å². The Labute approximate surface area is 145 Å². The first kappa shape index (κ1) is 15.4. The highest BCUT2D eigenvalue weighted by molar-refractivity contribution is 5.80. The molecule has 2 aromatic carbocycles. The summed E-state index contributed by atoms with van der Waals surface area (Å²) in [6.45, 7) is 4.36. The van der Waals surface area contributed by atoms with Gasteiger partial charge in [-0.25, -0.2) is 4.98 Å². The van der Waals surface area contributed by atoms with Gasteiger partial charge in [0.2, 0.25) is 0 Å². The topological polar surface area (TPSA) is 58.9 Å². The van der Waals surface area contributed by atoms with E-state index in [1.54, 1.807) is 12.1 Å². The highest BCUT2D eigenvalue weighted by Crippen LogP contribution is 2.27. The molecule has 0 amide bonds. The molecule has 0 radical (unpaired) electrons. The zero-order valence-corrected chi connectivity index (χ0v) is 14.1. The van der Waals surface area contributed by atoms with E-state index >= 15 is 0 Å². The molecule has 4 heteroatoms. The summed E-state index contributed by atoms with van der Waals surface area (Å²) in [7, 11) is 0. The number of nitrogens with zero attached hydrogens (tertiary/aromatic N) is 1. The zero-order valence-electron chi connectivity index (χ0n) is 14.1. The second-order valence-corrected chi connectivity index (χ2v) is 6.41. The Kier molecular flexibility index (Phi) is 3.73. The number of aromatic nitrogens is 2. The van der Waals surface area contributed by atoms with Crippen LogP contribution in [0.1, 0.15) is 35.9 Å². The summed E-state index contributed by atoms with van der Waals surface area (Å²) in [5.74, 6) is 2.34. The SMILES string of the molecule is CC(C)c1ccc2nc(-c3ccc(-c4ccc(C=O)o4)cc3)[nH]c2c1. The summed E-state index contributed by atoms with van der Waals surface area (Å²) < 4.78 is 5.46. The average Bonchev–Trinajstić information content (AvgIpc) is 3.28. The third-order valence-electron chi connectivity index (χ3n) is 4.36. The highest BCUT2D eigenvalue weighted by atomic mass is 16.3. The van der Waals surface area contributed by atoms with E-state index < -0.39 is 0 Å². The van der Waals surface area contributed by atoms with Crippen molar-refractivity contribution < 1.29 is 9.21 Å². The van der Waals surface area contributed by atoms with Gasteiger partial charge in [0, 0.05) is 11.1 Å². The van der Waals surface area contributed by atoms with Crippen molar-refractivity contribution in [2.45, 2.75) is 19.8 Å². The van der Waals surface area contributed by atoms with Crippen LogP contribution in [-0.4, -0.2) is 16.3 Å². The van der Waals surface area contributed by atoms with Gasteiger partial charge in [-0.1, -0.05) is 44.2 Å². The molecule has 0 fully saturated rings. The van der Waals surface area contributed by atoms with E-state index in [2.05, 4.69) is 42.0 Å². The third kappa shape index (κ3) is 2.87. The Morgan fingerprint density at radius 3 is 2.44 bits per heavy atom. The van der Waals surface area contributed by atoms with Crippen LogP contribution < -0.4 is 0 Å². The van der Waals surface area contributed by atoms with Crippen LogP contribution in [0.2, 0.25) is 0 Å². The molecule has 4 aromatic rings. The molecule has 2 heterocycles. The first-order chi connectivity index (χ1) is 12.1. The van der Waals surface area contributed by atoms with Crippen LogP contribution in [0.5, 0.6) is 0 Å². The van der Waals surface area contributed by atoms with Crippen LogP contribution in [0.3, 0.4) is 0 Å². The summed E-state index contributed by atoms with van der Waals surface area (Å²) in [4.78, 5) is 18.8. The molecule has 0 aliphatic rings. The quantitative estimate of drug-likeness (QED) is 0.508. The molecular weight excluding hydrogens is 312 g/mol. The van der Waals surface area contributed by atoms with E-state index in [1.165, 1.54) is 5.56 Å². The number of imidazole rings is 1. The minimum absolute atomic E-state index is 0.331. The van der Waals surface area contributed by atoms with Gasteiger partial charge < -0.3 is 9.40 Å². The predicted octanol–water partition coefficient (Wildman–Crippen LogP) is 5.43. The van der Waals surface area contributed by atoms with Gasteiger partial charge >= 0.3 is 0 Å². The molecule has 4 rings (SSSR count). The fraction of sp³-hybridized carbons (Fsp3) is 0.143. The summed E-state index contributed by atoms with van der Waals surface area (Å²) in [6, 6.07) is 17.7.